The molecule has 1 saturated heterocycles. The lowest BCUT2D eigenvalue weighted by Gasteiger charge is -2.33. The molecule has 0 bridgehead atoms. The van der Waals surface area contributed by atoms with E-state index in [1.54, 1.807) is 13.2 Å². The average Bonchev–Trinajstić information content (AvgIpc) is 3.37. The number of piperidine rings is 1. The molecule has 0 spiro atoms. The fourth-order valence-corrected chi connectivity index (χ4v) is 5.40. The second-order valence-corrected chi connectivity index (χ2v) is 9.96. The molecule has 6 nitrogen and oxygen atoms in total. The second-order valence-electron chi connectivity index (χ2n) is 9.96. The lowest BCUT2D eigenvalue weighted by atomic mass is 9.89. The molecule has 0 radical (unpaired) electrons. The van der Waals surface area contributed by atoms with Crippen LogP contribution in [0.1, 0.15) is 50.5 Å². The Balaban J connectivity index is 1.40. The number of nitrogens with one attached hydrogen (secondary N) is 1. The number of benzene rings is 2. The third-order valence-corrected chi connectivity index (χ3v) is 7.63. The van der Waals surface area contributed by atoms with E-state index in [1.165, 1.54) is 49.9 Å². The summed E-state index contributed by atoms with van der Waals surface area (Å²) < 4.78 is 21.8. The minimum absolute atomic E-state index is 0.0407. The van der Waals surface area contributed by atoms with Crippen LogP contribution >= 0.6 is 0 Å². The Kier molecular flexibility index (Phi) is 7.52. The molecule has 188 valence electrons. The molecule has 2 aromatic carbocycles. The van der Waals surface area contributed by atoms with Gasteiger partial charge < -0.3 is 15.0 Å². The summed E-state index contributed by atoms with van der Waals surface area (Å²) in [6.07, 6.45) is 8.86. The van der Waals surface area contributed by atoms with Crippen LogP contribution in [0.3, 0.4) is 0 Å². The van der Waals surface area contributed by atoms with E-state index >= 15 is 0 Å². The molecule has 5 rings (SSSR count). The summed E-state index contributed by atoms with van der Waals surface area (Å²) in [5.41, 5.74) is 3.53. The van der Waals surface area contributed by atoms with Crippen molar-refractivity contribution in [3.63, 3.8) is 0 Å². The summed E-state index contributed by atoms with van der Waals surface area (Å²) in [5, 5.41) is 17.6. The van der Waals surface area contributed by atoms with Crippen LogP contribution in [0.2, 0.25) is 0 Å². The number of aromatic nitrogens is 2. The SMILES string of the molecule is COC1CCN(c2ccc(-n3nc(-c4ccc(C#N)c(F)c4)cc3NCC3CCCCC3)cc2)CC1. The summed E-state index contributed by atoms with van der Waals surface area (Å²) in [6.45, 7) is 2.88. The minimum atomic E-state index is -0.525. The average molecular weight is 488 g/mol. The molecule has 1 aliphatic carbocycles. The maximum atomic E-state index is 14.3. The Morgan fingerprint density at radius 1 is 1.00 bits per heavy atom. The number of anilines is 2. The fourth-order valence-electron chi connectivity index (χ4n) is 5.40. The largest absolute Gasteiger partial charge is 0.381 e. The van der Waals surface area contributed by atoms with Gasteiger partial charge in [-0.05, 0) is 68.0 Å². The normalized spacial score (nSPS) is 17.2. The van der Waals surface area contributed by atoms with E-state index in [0.717, 1.165) is 44.0 Å². The number of methoxy groups -OCH3 is 1. The quantitative estimate of drug-likeness (QED) is 0.433. The highest BCUT2D eigenvalue weighted by atomic mass is 19.1. The first-order valence-corrected chi connectivity index (χ1v) is 13.1. The van der Waals surface area contributed by atoms with Crippen LogP contribution in [-0.4, -0.2) is 42.6 Å². The molecule has 1 saturated carbocycles. The third-order valence-electron chi connectivity index (χ3n) is 7.63. The zero-order valence-corrected chi connectivity index (χ0v) is 20.9. The van der Waals surface area contributed by atoms with Crippen molar-refractivity contribution >= 4 is 11.5 Å². The molecule has 1 N–H and O–H groups in total. The van der Waals surface area contributed by atoms with Crippen molar-refractivity contribution in [1.82, 2.24) is 9.78 Å². The number of nitriles is 1. The molecule has 0 unspecified atom stereocenters. The first-order valence-electron chi connectivity index (χ1n) is 13.1. The Morgan fingerprint density at radius 3 is 2.39 bits per heavy atom. The number of rotatable bonds is 7. The van der Waals surface area contributed by atoms with Crippen LogP contribution in [0, 0.1) is 23.1 Å². The van der Waals surface area contributed by atoms with Crippen LogP contribution in [0.15, 0.2) is 48.5 Å². The summed E-state index contributed by atoms with van der Waals surface area (Å²) in [4.78, 5) is 2.40. The molecule has 1 aromatic heterocycles. The molecule has 3 aromatic rings. The van der Waals surface area contributed by atoms with Crippen molar-refractivity contribution in [3.05, 3.63) is 59.9 Å². The van der Waals surface area contributed by atoms with Crippen molar-refractivity contribution in [2.24, 2.45) is 5.92 Å². The maximum Gasteiger partial charge on any atom is 0.141 e. The van der Waals surface area contributed by atoms with Gasteiger partial charge in [0.1, 0.15) is 17.7 Å². The molecule has 1 aliphatic heterocycles. The molecule has 0 atom stereocenters. The van der Waals surface area contributed by atoms with Crippen LogP contribution in [0.25, 0.3) is 16.9 Å². The van der Waals surface area contributed by atoms with Crippen molar-refractivity contribution in [1.29, 1.82) is 5.26 Å². The second kappa shape index (κ2) is 11.1. The molecular weight excluding hydrogens is 453 g/mol. The van der Waals surface area contributed by atoms with E-state index in [4.69, 9.17) is 15.1 Å². The summed E-state index contributed by atoms with van der Waals surface area (Å²) in [7, 11) is 1.79. The van der Waals surface area contributed by atoms with Gasteiger partial charge in [0.2, 0.25) is 0 Å². The van der Waals surface area contributed by atoms with E-state index in [2.05, 4.69) is 34.5 Å². The molecular formula is C29H34FN5O. The van der Waals surface area contributed by atoms with Gasteiger partial charge in [0.05, 0.1) is 23.0 Å². The number of hydrogen-bond acceptors (Lipinski definition) is 5. The molecule has 0 amide bonds. The van der Waals surface area contributed by atoms with E-state index in [1.807, 2.05) is 16.8 Å². The summed E-state index contributed by atoms with van der Waals surface area (Å²) in [5.74, 6) is 1.03. The van der Waals surface area contributed by atoms with E-state index in [-0.39, 0.29) is 5.56 Å². The van der Waals surface area contributed by atoms with Crippen LogP contribution in [0.4, 0.5) is 15.9 Å². The Morgan fingerprint density at radius 2 is 1.72 bits per heavy atom. The van der Waals surface area contributed by atoms with Gasteiger partial charge in [0.25, 0.3) is 0 Å². The highest BCUT2D eigenvalue weighted by Gasteiger charge is 2.20. The number of hydrogen-bond donors (Lipinski definition) is 1. The maximum absolute atomic E-state index is 14.3. The highest BCUT2D eigenvalue weighted by molar-refractivity contribution is 5.66. The highest BCUT2D eigenvalue weighted by Crippen LogP contribution is 2.30. The number of halogens is 1. The minimum Gasteiger partial charge on any atom is -0.381 e. The number of ether oxygens (including phenoxy) is 1. The molecule has 2 heterocycles. The summed E-state index contributed by atoms with van der Waals surface area (Å²) in [6, 6.07) is 17.0. The Labute approximate surface area is 212 Å². The van der Waals surface area contributed by atoms with Crippen molar-refractivity contribution in [3.8, 4) is 23.0 Å². The predicted octanol–water partition coefficient (Wildman–Crippen LogP) is 6.16. The number of nitrogens with zero attached hydrogens (tertiary/aromatic N) is 4. The van der Waals surface area contributed by atoms with Crippen LogP contribution in [0.5, 0.6) is 0 Å². The Hall–Kier alpha value is -3.37. The van der Waals surface area contributed by atoms with Gasteiger partial charge in [0, 0.05) is 44.1 Å². The van der Waals surface area contributed by atoms with Gasteiger partial charge in [-0.15, -0.1) is 0 Å². The van der Waals surface area contributed by atoms with Crippen molar-refractivity contribution in [2.45, 2.75) is 51.0 Å². The van der Waals surface area contributed by atoms with Gasteiger partial charge in [-0.3, -0.25) is 0 Å². The van der Waals surface area contributed by atoms with Gasteiger partial charge in [-0.2, -0.15) is 10.4 Å². The fraction of sp³-hybridized carbons (Fsp3) is 0.448. The van der Waals surface area contributed by atoms with Gasteiger partial charge in [0.15, 0.2) is 0 Å². The molecule has 36 heavy (non-hydrogen) atoms. The smallest absolute Gasteiger partial charge is 0.141 e. The van der Waals surface area contributed by atoms with Crippen LogP contribution < -0.4 is 10.2 Å². The summed E-state index contributed by atoms with van der Waals surface area (Å²) >= 11 is 0. The third kappa shape index (κ3) is 5.39. The molecule has 7 heteroatoms. The monoisotopic (exact) mass is 487 g/mol. The van der Waals surface area contributed by atoms with E-state index in [0.29, 0.717) is 23.3 Å². The van der Waals surface area contributed by atoms with Gasteiger partial charge >= 0.3 is 0 Å². The van der Waals surface area contributed by atoms with E-state index in [9.17, 15) is 4.39 Å². The predicted molar refractivity (Wildman–Crippen MR) is 141 cm³/mol. The van der Waals surface area contributed by atoms with Crippen molar-refractivity contribution in [2.75, 3.05) is 37.0 Å². The van der Waals surface area contributed by atoms with E-state index < -0.39 is 5.82 Å². The zero-order chi connectivity index (χ0) is 24.9. The standard InChI is InChI=1S/C29H34FN5O/c1-36-26-13-15-34(16-14-26)24-9-11-25(12-10-24)35-29(32-20-21-5-3-2-4-6-21)18-28(33-35)22-7-8-23(19-31)27(30)17-22/h7-12,17-18,21,26,32H,2-6,13-16,20H2,1H3. The lowest BCUT2D eigenvalue weighted by Crippen LogP contribution is -2.36. The van der Waals surface area contributed by atoms with Gasteiger partial charge in [-0.25, -0.2) is 9.07 Å². The van der Waals surface area contributed by atoms with Crippen molar-refractivity contribution < 1.29 is 9.13 Å². The lowest BCUT2D eigenvalue weighted by molar-refractivity contribution is 0.0819. The topological polar surface area (TPSA) is 66.1 Å². The first kappa shape index (κ1) is 24.3. The zero-order valence-electron chi connectivity index (χ0n) is 20.9. The van der Waals surface area contributed by atoms with Crippen LogP contribution in [-0.2, 0) is 4.74 Å². The Bertz CT molecular complexity index is 1200. The molecule has 2 aliphatic rings. The first-order chi connectivity index (χ1) is 17.6. The van der Waals surface area contributed by atoms with Gasteiger partial charge in [-0.1, -0.05) is 25.3 Å². The molecule has 2 fully saturated rings.